The summed E-state index contributed by atoms with van der Waals surface area (Å²) in [5.41, 5.74) is 4.41. The molecule has 1 aromatic carbocycles. The number of hydrogen-bond acceptors (Lipinski definition) is 1. The highest BCUT2D eigenvalue weighted by Gasteiger charge is 2.24. The minimum absolute atomic E-state index is 0.00190. The van der Waals surface area contributed by atoms with Crippen molar-refractivity contribution in [1.29, 1.82) is 0 Å². The average Bonchev–Trinajstić information content (AvgIpc) is 2.50. The van der Waals surface area contributed by atoms with E-state index in [1.807, 2.05) is 54.9 Å². The maximum atomic E-state index is 12.4. The number of carbonyl (C=O) groups is 1. The molecule has 2 aromatic rings. The highest BCUT2D eigenvalue weighted by molar-refractivity contribution is 5.92. The molecule has 1 amide bonds. The number of aromatic nitrogens is 1. The van der Waals surface area contributed by atoms with E-state index in [1.165, 1.54) is 11.1 Å². The van der Waals surface area contributed by atoms with E-state index >= 15 is 0 Å². The molecule has 3 heteroatoms. The van der Waals surface area contributed by atoms with Gasteiger partial charge in [-0.25, -0.2) is 0 Å². The molecule has 0 fully saturated rings. The van der Waals surface area contributed by atoms with E-state index in [0.29, 0.717) is 0 Å². The molecule has 2 rings (SSSR count). The molecule has 0 saturated heterocycles. The standard InChI is InChI=1S/C18H22N2O/c1-5-16-8-10-17(11-9-16)19-18(21)15(4)20-12-6-7-13(2)14(20)3/h6-12,15H,5H2,1-4H3/p+1/t15-/m0/s1. The molecule has 0 aliphatic rings. The van der Waals surface area contributed by atoms with Gasteiger partial charge in [-0.2, -0.15) is 4.57 Å². The van der Waals surface area contributed by atoms with Crippen molar-refractivity contribution in [1.82, 2.24) is 0 Å². The molecule has 1 N–H and O–H groups in total. The summed E-state index contributed by atoms with van der Waals surface area (Å²) in [4.78, 5) is 12.4. The van der Waals surface area contributed by atoms with Gasteiger partial charge in [-0.15, -0.1) is 0 Å². The summed E-state index contributed by atoms with van der Waals surface area (Å²) in [6.45, 7) is 8.13. The Balaban J connectivity index is 2.13. The van der Waals surface area contributed by atoms with Gasteiger partial charge in [-0.1, -0.05) is 19.1 Å². The van der Waals surface area contributed by atoms with E-state index in [1.54, 1.807) is 0 Å². The van der Waals surface area contributed by atoms with Crippen molar-refractivity contribution >= 4 is 11.6 Å². The fourth-order valence-electron chi connectivity index (χ4n) is 2.33. The summed E-state index contributed by atoms with van der Waals surface area (Å²) < 4.78 is 2.01. The van der Waals surface area contributed by atoms with Crippen LogP contribution in [0.15, 0.2) is 42.6 Å². The van der Waals surface area contributed by atoms with Crippen LogP contribution in [0, 0.1) is 13.8 Å². The first-order valence-corrected chi connectivity index (χ1v) is 7.40. The molecular weight excluding hydrogens is 260 g/mol. The van der Waals surface area contributed by atoms with E-state index in [0.717, 1.165) is 17.8 Å². The molecule has 0 bridgehead atoms. The van der Waals surface area contributed by atoms with E-state index in [2.05, 4.69) is 25.2 Å². The highest BCUT2D eigenvalue weighted by atomic mass is 16.2. The fourth-order valence-corrected chi connectivity index (χ4v) is 2.33. The minimum Gasteiger partial charge on any atom is -0.320 e. The monoisotopic (exact) mass is 283 g/mol. The van der Waals surface area contributed by atoms with E-state index in [9.17, 15) is 4.79 Å². The molecule has 21 heavy (non-hydrogen) atoms. The van der Waals surface area contributed by atoms with Crippen LogP contribution < -0.4 is 9.88 Å². The van der Waals surface area contributed by atoms with Gasteiger partial charge in [0.15, 0.2) is 11.9 Å². The fraction of sp³-hybridized carbons (Fsp3) is 0.333. The predicted molar refractivity (Wildman–Crippen MR) is 85.3 cm³/mol. The summed E-state index contributed by atoms with van der Waals surface area (Å²) in [6, 6.07) is 11.8. The molecule has 0 radical (unpaired) electrons. The second-order valence-corrected chi connectivity index (χ2v) is 5.40. The molecular formula is C18H23N2O+. The number of aryl methyl sites for hydroxylation is 2. The number of anilines is 1. The first-order valence-electron chi connectivity index (χ1n) is 7.40. The first-order chi connectivity index (χ1) is 10.0. The highest BCUT2D eigenvalue weighted by Crippen LogP contribution is 2.12. The predicted octanol–water partition coefficient (Wildman–Crippen LogP) is 3.35. The Labute approximate surface area is 126 Å². The number of benzene rings is 1. The van der Waals surface area contributed by atoms with Crippen LogP contribution in [0.2, 0.25) is 0 Å². The first kappa shape index (κ1) is 15.2. The van der Waals surface area contributed by atoms with Crippen molar-refractivity contribution in [2.75, 3.05) is 5.32 Å². The number of nitrogens with zero attached hydrogens (tertiary/aromatic N) is 1. The molecule has 3 nitrogen and oxygen atoms in total. The van der Waals surface area contributed by atoms with Crippen LogP contribution in [0.3, 0.4) is 0 Å². The van der Waals surface area contributed by atoms with Crippen molar-refractivity contribution in [3.05, 3.63) is 59.4 Å². The average molecular weight is 283 g/mol. The third kappa shape index (κ3) is 3.48. The second-order valence-electron chi connectivity index (χ2n) is 5.40. The number of carbonyl (C=O) groups excluding carboxylic acids is 1. The lowest BCUT2D eigenvalue weighted by Crippen LogP contribution is -2.47. The lowest BCUT2D eigenvalue weighted by Gasteiger charge is -2.11. The van der Waals surface area contributed by atoms with E-state index in [-0.39, 0.29) is 11.9 Å². The Hall–Kier alpha value is -2.16. The number of hydrogen-bond donors (Lipinski definition) is 1. The Bertz CT molecular complexity index is 632. The maximum Gasteiger partial charge on any atom is 0.293 e. The van der Waals surface area contributed by atoms with Gasteiger partial charge in [0.25, 0.3) is 5.91 Å². The van der Waals surface area contributed by atoms with Crippen molar-refractivity contribution in [2.24, 2.45) is 0 Å². The van der Waals surface area contributed by atoms with Gasteiger partial charge in [0.2, 0.25) is 6.04 Å². The van der Waals surface area contributed by atoms with Gasteiger partial charge in [-0.3, -0.25) is 4.79 Å². The number of nitrogens with one attached hydrogen (secondary N) is 1. The summed E-state index contributed by atoms with van der Waals surface area (Å²) in [5, 5.41) is 2.98. The van der Waals surface area contributed by atoms with Crippen molar-refractivity contribution in [3.63, 3.8) is 0 Å². The Morgan fingerprint density at radius 1 is 1.19 bits per heavy atom. The molecule has 1 heterocycles. The number of rotatable bonds is 4. The summed E-state index contributed by atoms with van der Waals surface area (Å²) in [7, 11) is 0. The van der Waals surface area contributed by atoms with E-state index < -0.39 is 0 Å². The van der Waals surface area contributed by atoms with Gasteiger partial charge < -0.3 is 5.32 Å². The van der Waals surface area contributed by atoms with Gasteiger partial charge in [0, 0.05) is 31.2 Å². The summed E-state index contributed by atoms with van der Waals surface area (Å²) in [5.74, 6) is -0.00190. The molecule has 0 aliphatic carbocycles. The SMILES string of the molecule is CCc1ccc(NC(=O)[C@H](C)[n+]2cccc(C)c2C)cc1. The summed E-state index contributed by atoms with van der Waals surface area (Å²) in [6.07, 6.45) is 2.95. The maximum absolute atomic E-state index is 12.4. The lowest BCUT2D eigenvalue weighted by molar-refractivity contribution is -0.711. The quantitative estimate of drug-likeness (QED) is 0.858. The molecule has 0 spiro atoms. The van der Waals surface area contributed by atoms with Crippen LogP contribution in [0.4, 0.5) is 5.69 Å². The zero-order chi connectivity index (χ0) is 15.4. The molecule has 0 saturated carbocycles. The Morgan fingerprint density at radius 2 is 1.86 bits per heavy atom. The molecule has 0 aliphatic heterocycles. The second kappa shape index (κ2) is 6.53. The Morgan fingerprint density at radius 3 is 2.48 bits per heavy atom. The Kier molecular flexibility index (Phi) is 4.73. The zero-order valence-electron chi connectivity index (χ0n) is 13.2. The number of amides is 1. The minimum atomic E-state index is -0.240. The largest absolute Gasteiger partial charge is 0.320 e. The third-order valence-electron chi connectivity index (χ3n) is 3.98. The van der Waals surface area contributed by atoms with Crippen LogP contribution in [0.1, 0.15) is 36.7 Å². The van der Waals surface area contributed by atoms with Crippen LogP contribution in [-0.2, 0) is 11.2 Å². The van der Waals surface area contributed by atoms with Gasteiger partial charge >= 0.3 is 0 Å². The van der Waals surface area contributed by atoms with Gasteiger partial charge in [0.1, 0.15) is 0 Å². The van der Waals surface area contributed by atoms with Crippen LogP contribution >= 0.6 is 0 Å². The zero-order valence-corrected chi connectivity index (χ0v) is 13.2. The van der Waals surface area contributed by atoms with Crippen LogP contribution in [-0.4, -0.2) is 5.91 Å². The van der Waals surface area contributed by atoms with Gasteiger partial charge in [-0.05, 0) is 37.1 Å². The van der Waals surface area contributed by atoms with E-state index in [4.69, 9.17) is 0 Å². The molecule has 110 valence electrons. The lowest BCUT2D eigenvalue weighted by atomic mass is 10.1. The molecule has 1 aromatic heterocycles. The third-order valence-corrected chi connectivity index (χ3v) is 3.98. The van der Waals surface area contributed by atoms with Crippen molar-refractivity contribution in [2.45, 2.75) is 40.2 Å². The van der Waals surface area contributed by atoms with Crippen molar-refractivity contribution < 1.29 is 9.36 Å². The van der Waals surface area contributed by atoms with Crippen molar-refractivity contribution in [3.8, 4) is 0 Å². The topological polar surface area (TPSA) is 33.0 Å². The summed E-state index contributed by atoms with van der Waals surface area (Å²) >= 11 is 0. The van der Waals surface area contributed by atoms with Gasteiger partial charge in [0.05, 0.1) is 0 Å². The molecule has 0 unspecified atom stereocenters. The number of pyridine rings is 1. The normalized spacial score (nSPS) is 12.0. The smallest absolute Gasteiger partial charge is 0.293 e. The van der Waals surface area contributed by atoms with Crippen LogP contribution in [0.5, 0.6) is 0 Å². The van der Waals surface area contributed by atoms with Crippen LogP contribution in [0.25, 0.3) is 0 Å². The molecule has 1 atom stereocenters.